The van der Waals surface area contributed by atoms with Gasteiger partial charge in [-0.15, -0.1) is 6.58 Å². The van der Waals surface area contributed by atoms with Crippen molar-refractivity contribution in [3.8, 4) is 0 Å². The smallest absolute Gasteiger partial charge is 0.0221 e. The van der Waals surface area contributed by atoms with Crippen molar-refractivity contribution in [3.05, 3.63) is 12.7 Å². The first-order chi connectivity index (χ1) is 5.07. The highest BCUT2D eigenvalue weighted by Gasteiger charge is 2.07. The van der Waals surface area contributed by atoms with Gasteiger partial charge in [0, 0.05) is 6.04 Å². The molecule has 1 nitrogen and oxygen atoms in total. The van der Waals surface area contributed by atoms with Gasteiger partial charge in [0.2, 0.25) is 0 Å². The van der Waals surface area contributed by atoms with Crippen LogP contribution in [0.2, 0.25) is 0 Å². The number of hydrogen-bond donors (Lipinski definition) is 1. The molecule has 0 fully saturated rings. The molecule has 1 heteroatoms. The van der Waals surface area contributed by atoms with E-state index in [1.54, 1.807) is 0 Å². The van der Waals surface area contributed by atoms with Crippen LogP contribution in [0.15, 0.2) is 12.7 Å². The van der Waals surface area contributed by atoms with Crippen LogP contribution in [-0.4, -0.2) is 6.04 Å². The standard InChI is InChI=1S/C10H21N/c1-5-10(11)7-6-9(4)8(2)3/h5,8-10H,1,6-7,11H2,2-4H3. The monoisotopic (exact) mass is 155 g/mol. The molecule has 2 atom stereocenters. The average molecular weight is 155 g/mol. The van der Waals surface area contributed by atoms with Crippen molar-refractivity contribution in [2.24, 2.45) is 17.6 Å². The van der Waals surface area contributed by atoms with Crippen molar-refractivity contribution >= 4 is 0 Å². The summed E-state index contributed by atoms with van der Waals surface area (Å²) in [5, 5.41) is 0. The molecule has 2 unspecified atom stereocenters. The Bertz CT molecular complexity index is 107. The van der Waals surface area contributed by atoms with Gasteiger partial charge in [-0.1, -0.05) is 26.8 Å². The summed E-state index contributed by atoms with van der Waals surface area (Å²) in [6.45, 7) is 10.4. The number of nitrogens with two attached hydrogens (primary N) is 1. The lowest BCUT2D eigenvalue weighted by Gasteiger charge is -2.16. The van der Waals surface area contributed by atoms with Crippen LogP contribution in [0.4, 0.5) is 0 Å². The molecule has 0 rings (SSSR count). The predicted octanol–water partition coefficient (Wildman–Crippen LogP) is 2.57. The topological polar surface area (TPSA) is 26.0 Å². The quantitative estimate of drug-likeness (QED) is 0.607. The van der Waals surface area contributed by atoms with Crippen LogP contribution >= 0.6 is 0 Å². The molecule has 0 aliphatic heterocycles. The van der Waals surface area contributed by atoms with Crippen molar-refractivity contribution in [2.45, 2.75) is 39.7 Å². The largest absolute Gasteiger partial charge is 0.324 e. The Kier molecular flexibility index (Phi) is 5.22. The molecule has 0 saturated carbocycles. The number of rotatable bonds is 5. The molecule has 0 aromatic heterocycles. The van der Waals surface area contributed by atoms with Crippen LogP contribution in [0.25, 0.3) is 0 Å². The summed E-state index contributed by atoms with van der Waals surface area (Å²) in [5.74, 6) is 1.55. The van der Waals surface area contributed by atoms with E-state index in [0.717, 1.165) is 18.3 Å². The Morgan fingerprint density at radius 3 is 2.18 bits per heavy atom. The van der Waals surface area contributed by atoms with Gasteiger partial charge in [-0.05, 0) is 24.7 Å². The van der Waals surface area contributed by atoms with Crippen LogP contribution in [-0.2, 0) is 0 Å². The van der Waals surface area contributed by atoms with E-state index in [-0.39, 0.29) is 6.04 Å². The first-order valence-electron chi connectivity index (χ1n) is 4.46. The van der Waals surface area contributed by atoms with Gasteiger partial charge in [-0.3, -0.25) is 0 Å². The summed E-state index contributed by atoms with van der Waals surface area (Å²) in [6.07, 6.45) is 4.11. The molecular weight excluding hydrogens is 134 g/mol. The summed E-state index contributed by atoms with van der Waals surface area (Å²) in [7, 11) is 0. The van der Waals surface area contributed by atoms with Gasteiger partial charge in [0.05, 0.1) is 0 Å². The maximum atomic E-state index is 5.70. The van der Waals surface area contributed by atoms with E-state index in [1.165, 1.54) is 6.42 Å². The van der Waals surface area contributed by atoms with Crippen molar-refractivity contribution < 1.29 is 0 Å². The third-order valence-corrected chi connectivity index (χ3v) is 2.40. The van der Waals surface area contributed by atoms with Crippen LogP contribution in [0.1, 0.15) is 33.6 Å². The zero-order valence-electron chi connectivity index (χ0n) is 8.01. The molecule has 0 heterocycles. The van der Waals surface area contributed by atoms with E-state index < -0.39 is 0 Å². The normalized spacial score (nSPS) is 16.5. The van der Waals surface area contributed by atoms with E-state index in [4.69, 9.17) is 5.73 Å². The molecular formula is C10H21N. The SMILES string of the molecule is C=CC(N)CCC(C)C(C)C. The van der Waals surface area contributed by atoms with Crippen molar-refractivity contribution in [1.29, 1.82) is 0 Å². The summed E-state index contributed by atoms with van der Waals surface area (Å²) in [6, 6.07) is 0.191. The number of hydrogen-bond acceptors (Lipinski definition) is 1. The molecule has 66 valence electrons. The highest BCUT2D eigenvalue weighted by atomic mass is 14.6. The van der Waals surface area contributed by atoms with Crippen LogP contribution in [0.3, 0.4) is 0 Å². The molecule has 0 radical (unpaired) electrons. The van der Waals surface area contributed by atoms with Gasteiger partial charge in [0.15, 0.2) is 0 Å². The molecule has 0 aromatic rings. The lowest BCUT2D eigenvalue weighted by atomic mass is 9.92. The minimum absolute atomic E-state index is 0.191. The molecule has 11 heavy (non-hydrogen) atoms. The Morgan fingerprint density at radius 2 is 1.82 bits per heavy atom. The lowest BCUT2D eigenvalue weighted by Crippen LogP contribution is -2.18. The Labute approximate surface area is 70.7 Å². The summed E-state index contributed by atoms with van der Waals surface area (Å²) in [5.41, 5.74) is 5.70. The van der Waals surface area contributed by atoms with Gasteiger partial charge in [-0.2, -0.15) is 0 Å². The van der Waals surface area contributed by atoms with E-state index in [0.29, 0.717) is 0 Å². The van der Waals surface area contributed by atoms with E-state index in [2.05, 4.69) is 27.4 Å². The Hall–Kier alpha value is -0.300. The Morgan fingerprint density at radius 1 is 1.27 bits per heavy atom. The molecule has 0 aliphatic carbocycles. The predicted molar refractivity (Wildman–Crippen MR) is 51.4 cm³/mol. The van der Waals surface area contributed by atoms with Crippen LogP contribution in [0, 0.1) is 11.8 Å². The highest BCUT2D eigenvalue weighted by molar-refractivity contribution is 4.82. The minimum atomic E-state index is 0.191. The molecule has 0 saturated heterocycles. The summed E-state index contributed by atoms with van der Waals surface area (Å²) in [4.78, 5) is 0. The maximum absolute atomic E-state index is 5.70. The fourth-order valence-electron chi connectivity index (χ4n) is 0.907. The fourth-order valence-corrected chi connectivity index (χ4v) is 0.907. The summed E-state index contributed by atoms with van der Waals surface area (Å²) < 4.78 is 0. The summed E-state index contributed by atoms with van der Waals surface area (Å²) >= 11 is 0. The van der Waals surface area contributed by atoms with Gasteiger partial charge in [0.1, 0.15) is 0 Å². The van der Waals surface area contributed by atoms with Crippen molar-refractivity contribution in [1.82, 2.24) is 0 Å². The fraction of sp³-hybridized carbons (Fsp3) is 0.800. The van der Waals surface area contributed by atoms with Crippen molar-refractivity contribution in [2.75, 3.05) is 0 Å². The second-order valence-corrected chi connectivity index (χ2v) is 3.70. The van der Waals surface area contributed by atoms with Gasteiger partial charge >= 0.3 is 0 Å². The highest BCUT2D eigenvalue weighted by Crippen LogP contribution is 2.16. The minimum Gasteiger partial charge on any atom is -0.324 e. The van der Waals surface area contributed by atoms with Crippen molar-refractivity contribution in [3.63, 3.8) is 0 Å². The molecule has 0 bridgehead atoms. The Balaban J connectivity index is 3.45. The molecule has 0 amide bonds. The van der Waals surface area contributed by atoms with Crippen LogP contribution in [0.5, 0.6) is 0 Å². The zero-order valence-corrected chi connectivity index (χ0v) is 8.01. The molecule has 2 N–H and O–H groups in total. The molecule has 0 aliphatic rings. The lowest BCUT2D eigenvalue weighted by molar-refractivity contribution is 0.376. The first kappa shape index (κ1) is 10.7. The molecule has 0 aromatic carbocycles. The van der Waals surface area contributed by atoms with E-state index in [1.807, 2.05) is 6.08 Å². The first-order valence-corrected chi connectivity index (χ1v) is 4.46. The zero-order chi connectivity index (χ0) is 8.85. The van der Waals surface area contributed by atoms with E-state index in [9.17, 15) is 0 Å². The molecule has 0 spiro atoms. The van der Waals surface area contributed by atoms with Crippen LogP contribution < -0.4 is 5.73 Å². The second-order valence-electron chi connectivity index (χ2n) is 3.70. The van der Waals surface area contributed by atoms with Gasteiger partial charge in [0.25, 0.3) is 0 Å². The average Bonchev–Trinajstić information content (AvgIpc) is 1.99. The van der Waals surface area contributed by atoms with E-state index >= 15 is 0 Å². The maximum Gasteiger partial charge on any atom is 0.0221 e. The third-order valence-electron chi connectivity index (χ3n) is 2.40. The second kappa shape index (κ2) is 5.36. The third kappa shape index (κ3) is 5.02. The van der Waals surface area contributed by atoms with Gasteiger partial charge in [-0.25, -0.2) is 0 Å². The van der Waals surface area contributed by atoms with Gasteiger partial charge < -0.3 is 5.73 Å².